The van der Waals surface area contributed by atoms with Crippen molar-refractivity contribution >= 4 is 22.4 Å². The number of aromatic nitrogens is 1. The number of primary sulfonamides is 1. The number of nitrogens with zero attached hydrogens (tertiary/aromatic N) is 1. The van der Waals surface area contributed by atoms with Gasteiger partial charge in [0.1, 0.15) is 10.6 Å². The van der Waals surface area contributed by atoms with Crippen LogP contribution in [0.1, 0.15) is 6.92 Å². The van der Waals surface area contributed by atoms with Crippen molar-refractivity contribution in [2.75, 3.05) is 6.61 Å². The lowest BCUT2D eigenvalue weighted by molar-refractivity contribution is 0.330. The van der Waals surface area contributed by atoms with Gasteiger partial charge in [0.25, 0.3) is 0 Å². The lowest BCUT2D eigenvalue weighted by Gasteiger charge is -2.06. The molecular weight excluding hydrogens is 228 g/mol. The van der Waals surface area contributed by atoms with Crippen LogP contribution in [0.15, 0.2) is 23.4 Å². The number of rotatable bonds is 3. The lowest BCUT2D eigenvalue weighted by Crippen LogP contribution is -2.14. The van der Waals surface area contributed by atoms with Crippen molar-refractivity contribution in [3.05, 3.63) is 18.5 Å². The fraction of sp³-hybridized carbons (Fsp3) is 0.286. The third-order valence-electron chi connectivity index (χ3n) is 1.35. The van der Waals surface area contributed by atoms with Crippen molar-refractivity contribution in [3.8, 4) is 5.75 Å². The van der Waals surface area contributed by atoms with E-state index in [1.165, 1.54) is 18.5 Å². The molecule has 0 atom stereocenters. The van der Waals surface area contributed by atoms with E-state index in [1.807, 2.05) is 0 Å². The van der Waals surface area contributed by atoms with Crippen LogP contribution in [0.2, 0.25) is 0 Å². The highest BCUT2D eigenvalue weighted by Gasteiger charge is 2.14. The molecule has 1 aromatic heterocycles. The molecule has 7 heteroatoms. The van der Waals surface area contributed by atoms with Gasteiger partial charge in [-0.2, -0.15) is 0 Å². The van der Waals surface area contributed by atoms with Gasteiger partial charge in [-0.05, 0) is 13.0 Å². The largest absolute Gasteiger partial charge is 0.492 e. The Kier molecular flexibility index (Phi) is 4.82. The van der Waals surface area contributed by atoms with Crippen molar-refractivity contribution in [3.63, 3.8) is 0 Å². The normalized spacial score (nSPS) is 10.4. The van der Waals surface area contributed by atoms with Crippen LogP contribution in [-0.4, -0.2) is 20.0 Å². The molecule has 1 aromatic rings. The Bertz CT molecular complexity index is 394. The molecule has 0 bridgehead atoms. The van der Waals surface area contributed by atoms with Gasteiger partial charge in [-0.3, -0.25) is 4.98 Å². The summed E-state index contributed by atoms with van der Waals surface area (Å²) in [5, 5.41) is 4.94. The lowest BCUT2D eigenvalue weighted by atomic mass is 10.4. The molecule has 14 heavy (non-hydrogen) atoms. The molecule has 0 amide bonds. The number of hydrogen-bond donors (Lipinski definition) is 1. The Hall–Kier alpha value is -0.850. The van der Waals surface area contributed by atoms with E-state index in [9.17, 15) is 8.42 Å². The van der Waals surface area contributed by atoms with Gasteiger partial charge in [0.15, 0.2) is 0 Å². The SMILES string of the molecule is CCOc1ccncc1S(N)(=O)=O.Cl. The Morgan fingerprint density at radius 2 is 2.21 bits per heavy atom. The van der Waals surface area contributed by atoms with Crippen LogP contribution in [0.4, 0.5) is 0 Å². The first kappa shape index (κ1) is 13.2. The van der Waals surface area contributed by atoms with Gasteiger partial charge >= 0.3 is 0 Å². The van der Waals surface area contributed by atoms with Crippen molar-refractivity contribution in [1.29, 1.82) is 0 Å². The highest BCUT2D eigenvalue weighted by atomic mass is 35.5. The molecule has 0 radical (unpaired) electrons. The smallest absolute Gasteiger partial charge is 0.243 e. The van der Waals surface area contributed by atoms with Crippen molar-refractivity contribution < 1.29 is 13.2 Å². The average molecular weight is 239 g/mol. The molecule has 0 saturated carbocycles. The molecule has 0 spiro atoms. The van der Waals surface area contributed by atoms with Crippen molar-refractivity contribution in [2.45, 2.75) is 11.8 Å². The summed E-state index contributed by atoms with van der Waals surface area (Å²) in [5.41, 5.74) is 0. The minimum absolute atomic E-state index is 0. The van der Waals surface area contributed by atoms with E-state index in [-0.39, 0.29) is 23.1 Å². The Balaban J connectivity index is 0.00000169. The Morgan fingerprint density at radius 3 is 2.71 bits per heavy atom. The standard InChI is InChI=1S/C7H10N2O3S.ClH/c1-2-12-6-3-4-9-5-7(6)13(8,10)11;/h3-5H,2H2,1H3,(H2,8,10,11);1H. The molecule has 0 aromatic carbocycles. The highest BCUT2D eigenvalue weighted by molar-refractivity contribution is 7.89. The minimum Gasteiger partial charge on any atom is -0.492 e. The van der Waals surface area contributed by atoms with Gasteiger partial charge in [0, 0.05) is 6.20 Å². The molecule has 0 fully saturated rings. The van der Waals surface area contributed by atoms with Crippen LogP contribution >= 0.6 is 12.4 Å². The fourth-order valence-corrected chi connectivity index (χ4v) is 1.47. The third-order valence-corrected chi connectivity index (χ3v) is 2.27. The summed E-state index contributed by atoms with van der Waals surface area (Å²) in [6.07, 6.45) is 2.61. The maximum atomic E-state index is 11.0. The fourth-order valence-electron chi connectivity index (χ4n) is 0.856. The number of nitrogens with two attached hydrogens (primary N) is 1. The molecule has 5 nitrogen and oxygen atoms in total. The molecule has 1 heterocycles. The van der Waals surface area contributed by atoms with E-state index < -0.39 is 10.0 Å². The first-order valence-corrected chi connectivity index (χ1v) is 5.20. The summed E-state index contributed by atoms with van der Waals surface area (Å²) in [5.74, 6) is 0.236. The number of sulfonamides is 1. The first-order valence-electron chi connectivity index (χ1n) is 3.65. The van der Waals surface area contributed by atoms with Gasteiger partial charge in [0.2, 0.25) is 10.0 Å². The second-order valence-corrected chi connectivity index (χ2v) is 3.83. The average Bonchev–Trinajstić information content (AvgIpc) is 2.04. The van der Waals surface area contributed by atoms with Crippen LogP contribution in [0.3, 0.4) is 0 Å². The summed E-state index contributed by atoms with van der Waals surface area (Å²) in [4.78, 5) is 3.57. The Labute approximate surface area is 88.7 Å². The predicted octanol–water partition coefficient (Wildman–Crippen LogP) is 0.549. The molecule has 0 aliphatic carbocycles. The molecule has 80 valence electrons. The van der Waals surface area contributed by atoms with E-state index in [0.717, 1.165) is 0 Å². The topological polar surface area (TPSA) is 82.3 Å². The van der Waals surface area contributed by atoms with E-state index in [0.29, 0.717) is 6.61 Å². The monoisotopic (exact) mass is 238 g/mol. The maximum Gasteiger partial charge on any atom is 0.243 e. The Morgan fingerprint density at radius 1 is 1.57 bits per heavy atom. The van der Waals surface area contributed by atoms with Gasteiger partial charge in [-0.1, -0.05) is 0 Å². The van der Waals surface area contributed by atoms with E-state index >= 15 is 0 Å². The van der Waals surface area contributed by atoms with Crippen LogP contribution in [0.5, 0.6) is 5.75 Å². The number of pyridine rings is 1. The van der Waals surface area contributed by atoms with Crippen LogP contribution in [0, 0.1) is 0 Å². The quantitative estimate of drug-likeness (QED) is 0.834. The molecule has 0 saturated heterocycles. The summed E-state index contributed by atoms with van der Waals surface area (Å²) >= 11 is 0. The van der Waals surface area contributed by atoms with E-state index in [1.54, 1.807) is 6.92 Å². The summed E-state index contributed by atoms with van der Waals surface area (Å²) in [6.45, 7) is 2.14. The van der Waals surface area contributed by atoms with Gasteiger partial charge in [-0.25, -0.2) is 13.6 Å². The first-order chi connectivity index (χ1) is 6.05. The highest BCUT2D eigenvalue weighted by Crippen LogP contribution is 2.20. The molecule has 0 unspecified atom stereocenters. The predicted molar refractivity (Wildman–Crippen MR) is 54.0 cm³/mol. The van der Waals surface area contributed by atoms with Gasteiger partial charge in [-0.15, -0.1) is 12.4 Å². The van der Waals surface area contributed by atoms with Crippen LogP contribution in [-0.2, 0) is 10.0 Å². The van der Waals surface area contributed by atoms with Gasteiger partial charge in [0.05, 0.1) is 12.8 Å². The van der Waals surface area contributed by atoms with E-state index in [4.69, 9.17) is 9.88 Å². The number of ether oxygens (including phenoxy) is 1. The van der Waals surface area contributed by atoms with Crippen LogP contribution < -0.4 is 9.88 Å². The molecular formula is C7H11ClN2O3S. The zero-order valence-electron chi connectivity index (χ0n) is 7.50. The third kappa shape index (κ3) is 3.13. The minimum atomic E-state index is -3.74. The number of hydrogen-bond acceptors (Lipinski definition) is 4. The van der Waals surface area contributed by atoms with Crippen LogP contribution in [0.25, 0.3) is 0 Å². The van der Waals surface area contributed by atoms with Crippen molar-refractivity contribution in [2.24, 2.45) is 5.14 Å². The van der Waals surface area contributed by atoms with E-state index in [2.05, 4.69) is 4.98 Å². The number of halogens is 1. The molecule has 0 aliphatic heterocycles. The van der Waals surface area contributed by atoms with Gasteiger partial charge < -0.3 is 4.74 Å². The van der Waals surface area contributed by atoms with Crippen molar-refractivity contribution in [1.82, 2.24) is 4.98 Å². The molecule has 0 aliphatic rings. The zero-order chi connectivity index (χ0) is 9.90. The second kappa shape index (κ2) is 5.14. The summed E-state index contributed by atoms with van der Waals surface area (Å²) < 4.78 is 27.0. The summed E-state index contributed by atoms with van der Waals surface area (Å²) in [6, 6.07) is 1.46. The second-order valence-electron chi connectivity index (χ2n) is 2.30. The maximum absolute atomic E-state index is 11.0. The molecule has 2 N–H and O–H groups in total. The summed E-state index contributed by atoms with van der Waals surface area (Å²) in [7, 11) is -3.74. The molecule has 1 rings (SSSR count). The zero-order valence-corrected chi connectivity index (χ0v) is 9.14.